The minimum atomic E-state index is 0.493. The van der Waals surface area contributed by atoms with Gasteiger partial charge in [0, 0.05) is 33.4 Å². The minimum Gasteiger partial charge on any atom is -0.385 e. The maximum atomic E-state index is 5.18. The number of ether oxygens (including phenoxy) is 1. The molecule has 0 saturated heterocycles. The summed E-state index contributed by atoms with van der Waals surface area (Å²) in [4.78, 5) is 2.53. The van der Waals surface area contributed by atoms with Crippen LogP contribution in [0.25, 0.3) is 0 Å². The van der Waals surface area contributed by atoms with Gasteiger partial charge in [-0.2, -0.15) is 0 Å². The van der Waals surface area contributed by atoms with Gasteiger partial charge in [-0.15, -0.1) is 0 Å². The maximum absolute atomic E-state index is 5.18. The predicted octanol–water partition coefficient (Wildman–Crippen LogP) is 3.54. The Morgan fingerprint density at radius 1 is 1.14 bits per heavy atom. The summed E-state index contributed by atoms with van der Waals surface area (Å²) >= 11 is 0. The van der Waals surface area contributed by atoms with Crippen LogP contribution in [-0.2, 0) is 4.74 Å². The highest BCUT2D eigenvalue weighted by Crippen LogP contribution is 2.35. The van der Waals surface area contributed by atoms with E-state index in [9.17, 15) is 0 Å². The minimum absolute atomic E-state index is 0.493. The second-order valence-electron chi connectivity index (χ2n) is 7.52. The Morgan fingerprint density at radius 3 is 2.38 bits per heavy atom. The molecule has 0 aromatic heterocycles. The first-order valence-electron chi connectivity index (χ1n) is 8.96. The van der Waals surface area contributed by atoms with Crippen LogP contribution in [-0.4, -0.2) is 51.8 Å². The monoisotopic (exact) mass is 298 g/mol. The third kappa shape index (κ3) is 8.18. The number of methoxy groups -OCH3 is 1. The molecule has 0 spiro atoms. The van der Waals surface area contributed by atoms with Gasteiger partial charge in [0.05, 0.1) is 0 Å². The highest BCUT2D eigenvalue weighted by molar-refractivity contribution is 4.86. The van der Waals surface area contributed by atoms with Crippen molar-refractivity contribution >= 4 is 0 Å². The zero-order valence-corrected chi connectivity index (χ0v) is 14.9. The second-order valence-corrected chi connectivity index (χ2v) is 7.52. The molecule has 3 nitrogen and oxygen atoms in total. The lowest BCUT2D eigenvalue weighted by Crippen LogP contribution is -2.44. The van der Waals surface area contributed by atoms with Gasteiger partial charge in [-0.1, -0.05) is 39.5 Å². The lowest BCUT2D eigenvalue weighted by atomic mass is 9.79. The number of rotatable bonds is 10. The van der Waals surface area contributed by atoms with Crippen LogP contribution in [0, 0.1) is 11.3 Å². The Labute approximate surface area is 132 Å². The lowest BCUT2D eigenvalue weighted by Gasteiger charge is -2.37. The summed E-state index contributed by atoms with van der Waals surface area (Å²) in [6.07, 6.45) is 9.62. The van der Waals surface area contributed by atoms with Crippen molar-refractivity contribution in [3.63, 3.8) is 0 Å². The van der Waals surface area contributed by atoms with Gasteiger partial charge in [0.15, 0.2) is 0 Å². The number of nitrogens with one attached hydrogen (secondary N) is 1. The molecule has 1 saturated carbocycles. The van der Waals surface area contributed by atoms with Crippen LogP contribution in [0.3, 0.4) is 0 Å². The zero-order valence-electron chi connectivity index (χ0n) is 14.9. The fraction of sp³-hybridized carbons (Fsp3) is 1.00. The Balaban J connectivity index is 2.49. The van der Waals surface area contributed by atoms with Crippen molar-refractivity contribution in [2.75, 3.05) is 46.9 Å². The van der Waals surface area contributed by atoms with Crippen LogP contribution in [0.5, 0.6) is 0 Å². The Morgan fingerprint density at radius 2 is 1.81 bits per heavy atom. The topological polar surface area (TPSA) is 24.5 Å². The molecule has 0 aromatic rings. The van der Waals surface area contributed by atoms with E-state index >= 15 is 0 Å². The van der Waals surface area contributed by atoms with E-state index in [1.54, 1.807) is 7.11 Å². The van der Waals surface area contributed by atoms with Gasteiger partial charge >= 0.3 is 0 Å². The average molecular weight is 299 g/mol. The van der Waals surface area contributed by atoms with Crippen molar-refractivity contribution in [2.24, 2.45) is 11.3 Å². The molecule has 0 radical (unpaired) electrons. The van der Waals surface area contributed by atoms with E-state index in [0.29, 0.717) is 5.41 Å². The normalized spacial score (nSPS) is 19.1. The van der Waals surface area contributed by atoms with Gasteiger partial charge in [-0.05, 0) is 44.2 Å². The highest BCUT2D eigenvalue weighted by Gasteiger charge is 2.31. The van der Waals surface area contributed by atoms with E-state index < -0.39 is 0 Å². The van der Waals surface area contributed by atoms with Crippen molar-refractivity contribution in [3.05, 3.63) is 0 Å². The molecule has 0 amide bonds. The molecule has 3 heteroatoms. The standard InChI is InChI=1S/C18H38N2O/c1-17(2)14-19-15-18(10-7-5-6-8-11-18)16-20(3)12-9-13-21-4/h17,19H,5-16H2,1-4H3. The van der Waals surface area contributed by atoms with Crippen molar-refractivity contribution < 1.29 is 4.74 Å². The number of hydrogen-bond acceptors (Lipinski definition) is 3. The Kier molecular flexibility index (Phi) is 9.54. The van der Waals surface area contributed by atoms with Crippen LogP contribution in [0.4, 0.5) is 0 Å². The van der Waals surface area contributed by atoms with Crippen molar-refractivity contribution in [1.82, 2.24) is 10.2 Å². The first-order valence-corrected chi connectivity index (χ1v) is 8.96. The van der Waals surface area contributed by atoms with Gasteiger partial charge in [0.25, 0.3) is 0 Å². The molecule has 0 heterocycles. The zero-order chi connectivity index (χ0) is 15.6. The van der Waals surface area contributed by atoms with E-state index in [1.165, 1.54) is 51.6 Å². The first-order chi connectivity index (χ1) is 10.1. The third-order valence-corrected chi connectivity index (χ3v) is 4.71. The summed E-state index contributed by atoms with van der Waals surface area (Å²) in [5.74, 6) is 0.743. The maximum Gasteiger partial charge on any atom is 0.0474 e. The predicted molar refractivity (Wildman–Crippen MR) is 91.8 cm³/mol. The van der Waals surface area contributed by atoms with Gasteiger partial charge in [-0.25, -0.2) is 0 Å². The van der Waals surface area contributed by atoms with Crippen molar-refractivity contribution in [3.8, 4) is 0 Å². The summed E-state index contributed by atoms with van der Waals surface area (Å²) in [5, 5.41) is 3.74. The summed E-state index contributed by atoms with van der Waals surface area (Å²) in [6, 6.07) is 0. The van der Waals surface area contributed by atoms with Crippen LogP contribution in [0.2, 0.25) is 0 Å². The molecule has 0 aliphatic heterocycles. The molecule has 1 aliphatic rings. The molecule has 0 unspecified atom stereocenters. The van der Waals surface area contributed by atoms with Crippen LogP contribution in [0.15, 0.2) is 0 Å². The molecule has 1 rings (SSSR count). The fourth-order valence-corrected chi connectivity index (χ4v) is 3.63. The van der Waals surface area contributed by atoms with Crippen LogP contribution < -0.4 is 5.32 Å². The fourth-order valence-electron chi connectivity index (χ4n) is 3.63. The van der Waals surface area contributed by atoms with Gasteiger partial charge in [0.2, 0.25) is 0 Å². The van der Waals surface area contributed by atoms with E-state index in [2.05, 4.69) is 31.1 Å². The van der Waals surface area contributed by atoms with Crippen molar-refractivity contribution in [2.45, 2.75) is 58.8 Å². The van der Waals surface area contributed by atoms with E-state index in [-0.39, 0.29) is 0 Å². The van der Waals surface area contributed by atoms with E-state index in [1.807, 2.05) is 0 Å². The lowest BCUT2D eigenvalue weighted by molar-refractivity contribution is 0.129. The first kappa shape index (κ1) is 18.9. The number of nitrogens with zero attached hydrogens (tertiary/aromatic N) is 1. The molecule has 126 valence electrons. The molecule has 0 bridgehead atoms. The SMILES string of the molecule is COCCCN(C)CC1(CNCC(C)C)CCCCCC1. The second kappa shape index (κ2) is 10.6. The molecule has 1 fully saturated rings. The third-order valence-electron chi connectivity index (χ3n) is 4.71. The average Bonchev–Trinajstić information content (AvgIpc) is 2.64. The molecule has 1 aliphatic carbocycles. The molecule has 0 aromatic carbocycles. The molecule has 0 atom stereocenters. The Hall–Kier alpha value is -0.120. The van der Waals surface area contributed by atoms with Crippen molar-refractivity contribution in [1.29, 1.82) is 0 Å². The van der Waals surface area contributed by atoms with Gasteiger partial charge in [0.1, 0.15) is 0 Å². The number of hydrogen-bond donors (Lipinski definition) is 1. The molecule has 21 heavy (non-hydrogen) atoms. The van der Waals surface area contributed by atoms with Crippen LogP contribution >= 0.6 is 0 Å². The molecule has 1 N–H and O–H groups in total. The Bertz CT molecular complexity index is 248. The molecular formula is C18H38N2O. The highest BCUT2D eigenvalue weighted by atomic mass is 16.5. The van der Waals surface area contributed by atoms with Gasteiger partial charge in [-0.3, -0.25) is 0 Å². The quantitative estimate of drug-likeness (QED) is 0.493. The summed E-state index contributed by atoms with van der Waals surface area (Å²) in [6.45, 7) is 10.2. The summed E-state index contributed by atoms with van der Waals surface area (Å²) in [5.41, 5.74) is 0.493. The summed E-state index contributed by atoms with van der Waals surface area (Å²) in [7, 11) is 4.08. The van der Waals surface area contributed by atoms with Crippen LogP contribution in [0.1, 0.15) is 58.8 Å². The van der Waals surface area contributed by atoms with Gasteiger partial charge < -0.3 is 15.0 Å². The molecular weight excluding hydrogens is 260 g/mol. The summed E-state index contributed by atoms with van der Waals surface area (Å²) < 4.78 is 5.18. The largest absolute Gasteiger partial charge is 0.385 e. The van der Waals surface area contributed by atoms with E-state index in [4.69, 9.17) is 4.74 Å². The van der Waals surface area contributed by atoms with E-state index in [0.717, 1.165) is 32.0 Å². The smallest absolute Gasteiger partial charge is 0.0474 e.